The minimum Gasteiger partial charge on any atom is -0.289 e. The zero-order valence-corrected chi connectivity index (χ0v) is 26.9. The van der Waals surface area contributed by atoms with E-state index < -0.39 is 0 Å². The van der Waals surface area contributed by atoms with Crippen LogP contribution < -0.4 is 0 Å². The number of hydrogen-bond donors (Lipinski definition) is 0. The Hall–Kier alpha value is -1.71. The number of carbonyl (C=O) groups is 1. The summed E-state index contributed by atoms with van der Waals surface area (Å²) in [5, 5.41) is 0. The maximum absolute atomic E-state index is 13.5. The third-order valence-corrected chi connectivity index (χ3v) is 10.1. The van der Waals surface area contributed by atoms with Crippen LogP contribution in [0, 0.1) is 0 Å². The first-order chi connectivity index (χ1) is 19.0. The van der Waals surface area contributed by atoms with Gasteiger partial charge >= 0.3 is 0 Å². The molecular weight excluding hydrogens is 608 g/mol. The lowest BCUT2D eigenvalue weighted by Crippen LogP contribution is -2.25. The molecule has 3 heteroatoms. The van der Waals surface area contributed by atoms with Crippen LogP contribution >= 0.6 is 31.9 Å². The van der Waals surface area contributed by atoms with Crippen molar-refractivity contribution in [1.29, 1.82) is 0 Å². The normalized spacial score (nSPS) is 14.3. The highest BCUT2D eigenvalue weighted by Gasteiger charge is 2.44. The van der Waals surface area contributed by atoms with E-state index in [9.17, 15) is 4.79 Å². The first-order valence-electron chi connectivity index (χ1n) is 15.3. The van der Waals surface area contributed by atoms with Crippen LogP contribution in [0.25, 0.3) is 22.3 Å². The summed E-state index contributed by atoms with van der Waals surface area (Å²) >= 11 is 7.40. The van der Waals surface area contributed by atoms with E-state index in [1.165, 1.54) is 112 Å². The van der Waals surface area contributed by atoms with E-state index >= 15 is 0 Å². The van der Waals surface area contributed by atoms with Crippen molar-refractivity contribution in [3.05, 3.63) is 79.7 Å². The fourth-order valence-electron chi connectivity index (χ4n) is 7.08. The minimum absolute atomic E-state index is 0.0140. The number of carbonyl (C=O) groups excluding carboxylic acids is 1. The summed E-state index contributed by atoms with van der Waals surface area (Å²) < 4.78 is 2.12. The SMILES string of the molecule is CCCCCCCCC1(CCCCCCCC)c2cc(Br)ccc2-c2cc3c(cc21)-c1ccc(Br)cc1C3=O. The largest absolute Gasteiger partial charge is 0.289 e. The Morgan fingerprint density at radius 2 is 1.03 bits per heavy atom. The smallest absolute Gasteiger partial charge is 0.194 e. The van der Waals surface area contributed by atoms with Gasteiger partial charge in [-0.2, -0.15) is 0 Å². The molecule has 0 aromatic heterocycles. The van der Waals surface area contributed by atoms with Gasteiger partial charge in [-0.3, -0.25) is 4.79 Å². The molecule has 0 amide bonds. The summed E-state index contributed by atoms with van der Waals surface area (Å²) in [6.45, 7) is 4.58. The quantitative estimate of drug-likeness (QED) is 0.124. The van der Waals surface area contributed by atoms with E-state index in [-0.39, 0.29) is 11.2 Å². The average Bonchev–Trinajstić information content (AvgIpc) is 3.35. The zero-order valence-electron chi connectivity index (χ0n) is 23.7. The summed E-state index contributed by atoms with van der Waals surface area (Å²) in [5.41, 5.74) is 9.48. The highest BCUT2D eigenvalue weighted by Crippen LogP contribution is 2.57. The molecule has 39 heavy (non-hydrogen) atoms. The van der Waals surface area contributed by atoms with Crippen LogP contribution in [0.1, 0.15) is 131 Å². The molecular formula is C36H42Br2O. The van der Waals surface area contributed by atoms with Gasteiger partial charge in [0.2, 0.25) is 0 Å². The van der Waals surface area contributed by atoms with Gasteiger partial charge in [0.25, 0.3) is 0 Å². The standard InChI is InChI=1S/C36H42Br2O/c1-3-5-7-9-11-13-19-36(20-14-12-10-8-6-4-2)33-22-26(38)16-18-28(33)30-23-32-29(24-34(30)36)27-17-15-25(37)21-31(27)35(32)39/h15-18,21-24H,3-14,19-20H2,1-2H3. The van der Waals surface area contributed by atoms with Crippen LogP contribution in [0.2, 0.25) is 0 Å². The molecule has 0 N–H and O–H groups in total. The van der Waals surface area contributed by atoms with Gasteiger partial charge < -0.3 is 0 Å². The van der Waals surface area contributed by atoms with Crippen LogP contribution in [0.15, 0.2) is 57.5 Å². The van der Waals surface area contributed by atoms with Gasteiger partial charge in [0.05, 0.1) is 0 Å². The van der Waals surface area contributed by atoms with E-state index in [1.54, 1.807) is 0 Å². The zero-order chi connectivity index (χ0) is 27.4. The van der Waals surface area contributed by atoms with Crippen LogP contribution in [0.3, 0.4) is 0 Å². The number of benzene rings is 3. The van der Waals surface area contributed by atoms with Gasteiger partial charge in [0, 0.05) is 25.5 Å². The highest BCUT2D eigenvalue weighted by molar-refractivity contribution is 9.10. The molecule has 0 heterocycles. The van der Waals surface area contributed by atoms with Crippen molar-refractivity contribution in [2.75, 3.05) is 0 Å². The molecule has 2 aliphatic carbocycles. The molecule has 3 aromatic carbocycles. The fraction of sp³-hybridized carbons (Fsp3) is 0.472. The summed E-state index contributed by atoms with van der Waals surface area (Å²) in [5.74, 6) is 0.159. The molecule has 0 spiro atoms. The van der Waals surface area contributed by atoms with E-state index in [0.29, 0.717) is 0 Å². The number of rotatable bonds is 14. The average molecular weight is 651 g/mol. The monoisotopic (exact) mass is 648 g/mol. The molecule has 0 bridgehead atoms. The number of fused-ring (bicyclic) bond motifs is 6. The number of unbranched alkanes of at least 4 members (excludes halogenated alkanes) is 10. The Labute approximate surface area is 252 Å². The van der Waals surface area contributed by atoms with Gasteiger partial charge in [-0.25, -0.2) is 0 Å². The summed E-state index contributed by atoms with van der Waals surface area (Å²) in [6.07, 6.45) is 18.1. The molecule has 0 unspecified atom stereocenters. The van der Waals surface area contributed by atoms with Crippen molar-refractivity contribution in [2.24, 2.45) is 0 Å². The van der Waals surface area contributed by atoms with Gasteiger partial charge in [-0.05, 0) is 82.6 Å². The first kappa shape index (κ1) is 28.8. The molecule has 5 rings (SSSR count). The molecule has 206 valence electrons. The Morgan fingerprint density at radius 1 is 0.513 bits per heavy atom. The second kappa shape index (κ2) is 12.9. The van der Waals surface area contributed by atoms with Gasteiger partial charge in [0.1, 0.15) is 0 Å². The molecule has 0 saturated heterocycles. The predicted molar refractivity (Wildman–Crippen MR) is 173 cm³/mol. The van der Waals surface area contributed by atoms with Crippen molar-refractivity contribution in [2.45, 2.75) is 109 Å². The van der Waals surface area contributed by atoms with E-state index in [1.807, 2.05) is 6.07 Å². The van der Waals surface area contributed by atoms with Crippen molar-refractivity contribution < 1.29 is 4.79 Å². The number of hydrogen-bond acceptors (Lipinski definition) is 1. The van der Waals surface area contributed by atoms with Crippen LogP contribution in [-0.4, -0.2) is 5.78 Å². The van der Waals surface area contributed by atoms with Crippen LogP contribution in [0.5, 0.6) is 0 Å². The number of ketones is 1. The molecule has 1 nitrogen and oxygen atoms in total. The summed E-state index contributed by atoms with van der Waals surface area (Å²) in [4.78, 5) is 13.5. The molecule has 3 aromatic rings. The van der Waals surface area contributed by atoms with Gasteiger partial charge in [0.15, 0.2) is 5.78 Å². The lowest BCUT2D eigenvalue weighted by Gasteiger charge is -2.33. The molecule has 0 atom stereocenters. The van der Waals surface area contributed by atoms with Crippen molar-refractivity contribution >= 4 is 37.6 Å². The fourth-order valence-corrected chi connectivity index (χ4v) is 7.81. The lowest BCUT2D eigenvalue weighted by atomic mass is 9.70. The highest BCUT2D eigenvalue weighted by atomic mass is 79.9. The second-order valence-corrected chi connectivity index (χ2v) is 13.6. The topological polar surface area (TPSA) is 17.1 Å². The Balaban J connectivity index is 1.55. The van der Waals surface area contributed by atoms with Crippen molar-refractivity contribution in [3.63, 3.8) is 0 Å². The number of halogens is 2. The van der Waals surface area contributed by atoms with Gasteiger partial charge in [-0.1, -0.05) is 135 Å². The van der Waals surface area contributed by atoms with Crippen LogP contribution in [-0.2, 0) is 5.41 Å². The molecule has 0 radical (unpaired) electrons. The van der Waals surface area contributed by atoms with Gasteiger partial charge in [-0.15, -0.1) is 0 Å². The maximum atomic E-state index is 13.5. The van der Waals surface area contributed by atoms with E-state index in [2.05, 4.69) is 88.2 Å². The Kier molecular flexibility index (Phi) is 9.50. The summed E-state index contributed by atoms with van der Waals surface area (Å²) in [7, 11) is 0. The van der Waals surface area contributed by atoms with Crippen molar-refractivity contribution in [1.82, 2.24) is 0 Å². The first-order valence-corrected chi connectivity index (χ1v) is 16.9. The molecule has 0 saturated carbocycles. The maximum Gasteiger partial charge on any atom is 0.194 e. The Bertz CT molecular complexity index is 1320. The second-order valence-electron chi connectivity index (χ2n) is 11.8. The predicted octanol–water partition coefficient (Wildman–Crippen LogP) is 12.2. The third kappa shape index (κ3) is 5.73. The van der Waals surface area contributed by atoms with E-state index in [0.717, 1.165) is 31.2 Å². The summed E-state index contributed by atoms with van der Waals surface area (Å²) in [6, 6.07) is 17.7. The van der Waals surface area contributed by atoms with Crippen molar-refractivity contribution in [3.8, 4) is 22.3 Å². The van der Waals surface area contributed by atoms with E-state index in [4.69, 9.17) is 0 Å². The third-order valence-electron chi connectivity index (χ3n) is 9.14. The Morgan fingerprint density at radius 3 is 1.67 bits per heavy atom. The lowest BCUT2D eigenvalue weighted by molar-refractivity contribution is 0.104. The van der Waals surface area contributed by atoms with Crippen LogP contribution in [0.4, 0.5) is 0 Å². The molecule has 0 fully saturated rings. The molecule has 0 aliphatic heterocycles. The molecule has 2 aliphatic rings. The minimum atomic E-state index is 0.0140.